The molecule has 0 amide bonds. The van der Waals surface area contributed by atoms with E-state index in [0.717, 1.165) is 30.0 Å². The van der Waals surface area contributed by atoms with Gasteiger partial charge < -0.3 is 15.2 Å². The predicted molar refractivity (Wildman–Crippen MR) is 70.7 cm³/mol. The molecule has 5 heteroatoms. The van der Waals surface area contributed by atoms with Gasteiger partial charge in [0.1, 0.15) is 5.82 Å². The Kier molecular flexibility index (Phi) is 2.76. The number of H-pyrrole nitrogens is 1. The summed E-state index contributed by atoms with van der Waals surface area (Å²) in [6, 6.07) is 4.31. The van der Waals surface area contributed by atoms with Gasteiger partial charge in [0.15, 0.2) is 0 Å². The molecule has 1 aliphatic heterocycles. The predicted octanol–water partition coefficient (Wildman–Crippen LogP) is 1.11. The molecule has 2 aromatic heterocycles. The highest BCUT2D eigenvalue weighted by atomic mass is 15.1. The topological polar surface area (TPSA) is 56.8 Å². The third kappa shape index (κ3) is 1.86. The fourth-order valence-electron chi connectivity index (χ4n) is 2.33. The third-order valence-corrected chi connectivity index (χ3v) is 3.31. The molecule has 0 fully saturated rings. The van der Waals surface area contributed by atoms with Gasteiger partial charge in [0.05, 0.1) is 18.1 Å². The number of aromatic amines is 1. The maximum Gasteiger partial charge on any atom is 0.127 e. The highest BCUT2D eigenvalue weighted by molar-refractivity contribution is 5.40. The smallest absolute Gasteiger partial charge is 0.127 e. The van der Waals surface area contributed by atoms with E-state index < -0.39 is 0 Å². The first-order chi connectivity index (χ1) is 8.75. The zero-order valence-corrected chi connectivity index (χ0v) is 10.6. The zero-order chi connectivity index (χ0) is 12.5. The molecule has 2 N–H and O–H groups in total. The van der Waals surface area contributed by atoms with Crippen LogP contribution in [0.2, 0.25) is 0 Å². The molecule has 0 aliphatic carbocycles. The number of nitrogens with zero attached hydrogens (tertiary/aromatic N) is 3. The molecule has 1 aliphatic rings. The highest BCUT2D eigenvalue weighted by Gasteiger charge is 2.23. The quantitative estimate of drug-likeness (QED) is 0.829. The SMILES string of the molecule is CN(C)c1ccc(C2NCCc3[nH]cnc32)cn1. The van der Waals surface area contributed by atoms with Crippen LogP contribution in [-0.2, 0) is 6.42 Å². The molecule has 2 aromatic rings. The lowest BCUT2D eigenvalue weighted by molar-refractivity contribution is 0.552. The molecule has 0 radical (unpaired) electrons. The van der Waals surface area contributed by atoms with Crippen molar-refractivity contribution in [2.75, 3.05) is 25.5 Å². The number of aromatic nitrogens is 3. The van der Waals surface area contributed by atoms with Crippen LogP contribution in [0, 0.1) is 0 Å². The largest absolute Gasteiger partial charge is 0.363 e. The van der Waals surface area contributed by atoms with Gasteiger partial charge >= 0.3 is 0 Å². The molecule has 18 heavy (non-hydrogen) atoms. The molecular weight excluding hydrogens is 226 g/mol. The van der Waals surface area contributed by atoms with Crippen molar-refractivity contribution in [2.45, 2.75) is 12.5 Å². The number of anilines is 1. The van der Waals surface area contributed by atoms with Gasteiger partial charge in [-0.15, -0.1) is 0 Å². The first-order valence-electron chi connectivity index (χ1n) is 6.14. The molecule has 1 atom stereocenters. The third-order valence-electron chi connectivity index (χ3n) is 3.31. The van der Waals surface area contributed by atoms with E-state index in [1.165, 1.54) is 5.69 Å². The molecular formula is C13H17N5. The molecule has 94 valence electrons. The molecule has 0 spiro atoms. The van der Waals surface area contributed by atoms with Crippen LogP contribution in [0.4, 0.5) is 5.82 Å². The van der Waals surface area contributed by atoms with Crippen molar-refractivity contribution in [3.8, 4) is 0 Å². The summed E-state index contributed by atoms with van der Waals surface area (Å²) in [6.07, 6.45) is 4.71. The van der Waals surface area contributed by atoms with Gasteiger partial charge in [-0.05, 0) is 11.6 Å². The van der Waals surface area contributed by atoms with Crippen molar-refractivity contribution in [1.29, 1.82) is 0 Å². The Morgan fingerprint density at radius 2 is 2.17 bits per heavy atom. The van der Waals surface area contributed by atoms with Gasteiger partial charge in [-0.25, -0.2) is 9.97 Å². The standard InChI is InChI=1S/C13H17N5/c1-18(2)11-4-3-9(7-15-11)12-13-10(5-6-14-12)16-8-17-13/h3-4,7-8,12,14H,5-6H2,1-2H3,(H,16,17). The average molecular weight is 243 g/mol. The first-order valence-corrected chi connectivity index (χ1v) is 6.14. The van der Waals surface area contributed by atoms with E-state index in [9.17, 15) is 0 Å². The monoisotopic (exact) mass is 243 g/mol. The minimum Gasteiger partial charge on any atom is -0.363 e. The Hall–Kier alpha value is -1.88. The van der Waals surface area contributed by atoms with Crippen LogP contribution in [0.3, 0.4) is 0 Å². The lowest BCUT2D eigenvalue weighted by Gasteiger charge is -2.23. The van der Waals surface area contributed by atoms with Crippen LogP contribution in [0.25, 0.3) is 0 Å². The molecule has 0 bridgehead atoms. The number of nitrogens with one attached hydrogen (secondary N) is 2. The Morgan fingerprint density at radius 1 is 1.28 bits per heavy atom. The maximum atomic E-state index is 4.46. The van der Waals surface area contributed by atoms with Crippen molar-refractivity contribution in [2.24, 2.45) is 0 Å². The van der Waals surface area contributed by atoms with E-state index >= 15 is 0 Å². The molecule has 3 rings (SSSR count). The Balaban J connectivity index is 1.92. The van der Waals surface area contributed by atoms with Crippen LogP contribution < -0.4 is 10.2 Å². The summed E-state index contributed by atoms with van der Waals surface area (Å²) in [5.41, 5.74) is 3.49. The number of hydrogen-bond acceptors (Lipinski definition) is 4. The van der Waals surface area contributed by atoms with Crippen molar-refractivity contribution in [3.05, 3.63) is 41.6 Å². The van der Waals surface area contributed by atoms with E-state index in [0.29, 0.717) is 0 Å². The Morgan fingerprint density at radius 3 is 2.89 bits per heavy atom. The summed E-state index contributed by atoms with van der Waals surface area (Å²) >= 11 is 0. The van der Waals surface area contributed by atoms with Crippen molar-refractivity contribution in [1.82, 2.24) is 20.3 Å². The normalized spacial score (nSPS) is 18.4. The maximum absolute atomic E-state index is 4.46. The first kappa shape index (κ1) is 11.2. The summed E-state index contributed by atoms with van der Waals surface area (Å²) in [7, 11) is 3.99. The van der Waals surface area contributed by atoms with Gasteiger partial charge in [0, 0.05) is 39.0 Å². The van der Waals surface area contributed by atoms with Crippen LogP contribution >= 0.6 is 0 Å². The van der Waals surface area contributed by atoms with Gasteiger partial charge in [-0.3, -0.25) is 0 Å². The van der Waals surface area contributed by atoms with E-state index in [1.807, 2.05) is 31.3 Å². The van der Waals surface area contributed by atoms with Crippen LogP contribution in [-0.4, -0.2) is 35.6 Å². The Bertz CT molecular complexity index is 529. The number of hydrogen-bond donors (Lipinski definition) is 2. The highest BCUT2D eigenvalue weighted by Crippen LogP contribution is 2.26. The zero-order valence-electron chi connectivity index (χ0n) is 10.6. The van der Waals surface area contributed by atoms with E-state index in [4.69, 9.17) is 0 Å². The van der Waals surface area contributed by atoms with E-state index in [1.54, 1.807) is 6.33 Å². The summed E-state index contributed by atoms with van der Waals surface area (Å²) in [6.45, 7) is 0.968. The second-order valence-corrected chi connectivity index (χ2v) is 4.75. The van der Waals surface area contributed by atoms with Crippen LogP contribution in [0.5, 0.6) is 0 Å². The van der Waals surface area contributed by atoms with Gasteiger partial charge in [0.25, 0.3) is 0 Å². The van der Waals surface area contributed by atoms with E-state index in [-0.39, 0.29) is 6.04 Å². The van der Waals surface area contributed by atoms with Crippen LogP contribution in [0.15, 0.2) is 24.7 Å². The number of fused-ring (bicyclic) bond motifs is 1. The Labute approximate surface area is 106 Å². The summed E-state index contributed by atoms with van der Waals surface area (Å²) in [5.74, 6) is 0.969. The fraction of sp³-hybridized carbons (Fsp3) is 0.385. The van der Waals surface area contributed by atoms with Crippen molar-refractivity contribution >= 4 is 5.82 Å². The second kappa shape index (κ2) is 4.42. The van der Waals surface area contributed by atoms with E-state index in [2.05, 4.69) is 26.3 Å². The van der Waals surface area contributed by atoms with Crippen molar-refractivity contribution < 1.29 is 0 Å². The summed E-state index contributed by atoms with van der Waals surface area (Å²) in [4.78, 5) is 14.1. The minimum atomic E-state index is 0.156. The average Bonchev–Trinajstić information content (AvgIpc) is 2.87. The molecule has 0 saturated carbocycles. The molecule has 1 unspecified atom stereocenters. The van der Waals surface area contributed by atoms with Crippen LogP contribution in [0.1, 0.15) is 23.0 Å². The lowest BCUT2D eigenvalue weighted by atomic mass is 9.99. The summed E-state index contributed by atoms with van der Waals surface area (Å²) in [5, 5.41) is 3.49. The van der Waals surface area contributed by atoms with Gasteiger partial charge in [-0.2, -0.15) is 0 Å². The number of pyridine rings is 1. The summed E-state index contributed by atoms with van der Waals surface area (Å²) < 4.78 is 0. The fourth-order valence-corrected chi connectivity index (χ4v) is 2.33. The lowest BCUT2D eigenvalue weighted by Crippen LogP contribution is -2.30. The minimum absolute atomic E-state index is 0.156. The van der Waals surface area contributed by atoms with Gasteiger partial charge in [0.2, 0.25) is 0 Å². The number of imidazole rings is 1. The second-order valence-electron chi connectivity index (χ2n) is 4.75. The van der Waals surface area contributed by atoms with Gasteiger partial charge in [-0.1, -0.05) is 6.07 Å². The molecule has 0 aromatic carbocycles. The number of rotatable bonds is 2. The molecule has 0 saturated heterocycles. The molecule has 5 nitrogen and oxygen atoms in total. The molecule has 3 heterocycles. The van der Waals surface area contributed by atoms with Crippen molar-refractivity contribution in [3.63, 3.8) is 0 Å².